The summed E-state index contributed by atoms with van der Waals surface area (Å²) in [5.74, 6) is 1.07. The molecule has 0 radical (unpaired) electrons. The van der Waals surface area contributed by atoms with Gasteiger partial charge < -0.3 is 14.8 Å². The zero-order chi connectivity index (χ0) is 17.4. The first-order valence-electron chi connectivity index (χ1n) is 8.17. The molecule has 5 nitrogen and oxygen atoms in total. The number of benzene rings is 1. The second kappa shape index (κ2) is 8.91. The van der Waals surface area contributed by atoms with Crippen LogP contribution in [-0.4, -0.2) is 24.6 Å². The van der Waals surface area contributed by atoms with Crippen LogP contribution in [0.1, 0.15) is 48.7 Å². The summed E-state index contributed by atoms with van der Waals surface area (Å²) < 4.78 is 11.0. The molecule has 0 aliphatic heterocycles. The van der Waals surface area contributed by atoms with Crippen molar-refractivity contribution in [3.8, 4) is 11.5 Å². The quantitative estimate of drug-likeness (QED) is 0.750. The van der Waals surface area contributed by atoms with Crippen LogP contribution in [0, 0.1) is 0 Å². The molecule has 0 saturated heterocycles. The van der Waals surface area contributed by atoms with E-state index >= 15 is 0 Å². The zero-order valence-corrected chi connectivity index (χ0v) is 14.4. The van der Waals surface area contributed by atoms with Crippen molar-refractivity contribution in [1.29, 1.82) is 0 Å². The van der Waals surface area contributed by atoms with Crippen LogP contribution in [0.2, 0.25) is 0 Å². The maximum Gasteiger partial charge on any atom is 0.251 e. The third-order valence-corrected chi connectivity index (χ3v) is 3.73. The Kier molecular flexibility index (Phi) is 6.61. The third-order valence-electron chi connectivity index (χ3n) is 3.73. The fraction of sp³-hybridized carbons (Fsp3) is 0.368. The summed E-state index contributed by atoms with van der Waals surface area (Å²) in [6.45, 7) is 4.68. The maximum atomic E-state index is 12.4. The molecule has 0 aliphatic rings. The van der Waals surface area contributed by atoms with Crippen molar-refractivity contribution in [1.82, 2.24) is 10.3 Å². The number of carbonyl (C=O) groups is 1. The standard InChI is InChI=1S/C19H24N2O3/c1-4-5-12-24-17-7-6-16(13-18(17)23-3)19(22)21-14(2)15-8-10-20-11-9-15/h6-11,13-14H,4-5,12H2,1-3H3,(H,21,22). The Morgan fingerprint density at radius 1 is 1.21 bits per heavy atom. The largest absolute Gasteiger partial charge is 0.493 e. The van der Waals surface area contributed by atoms with E-state index in [2.05, 4.69) is 17.2 Å². The highest BCUT2D eigenvalue weighted by atomic mass is 16.5. The number of amides is 1. The number of hydrogen-bond donors (Lipinski definition) is 1. The molecule has 1 aromatic heterocycles. The predicted molar refractivity (Wildman–Crippen MR) is 93.5 cm³/mol. The fourth-order valence-corrected chi connectivity index (χ4v) is 2.27. The lowest BCUT2D eigenvalue weighted by atomic mass is 10.1. The molecule has 1 N–H and O–H groups in total. The number of nitrogens with one attached hydrogen (secondary N) is 1. The topological polar surface area (TPSA) is 60.5 Å². The Labute approximate surface area is 143 Å². The van der Waals surface area contributed by atoms with Crippen LogP contribution in [0.4, 0.5) is 0 Å². The van der Waals surface area contributed by atoms with Gasteiger partial charge in [0.25, 0.3) is 5.91 Å². The number of ether oxygens (including phenoxy) is 2. The third kappa shape index (κ3) is 4.72. The molecular formula is C19H24N2O3. The van der Waals surface area contributed by atoms with Gasteiger partial charge in [-0.25, -0.2) is 0 Å². The van der Waals surface area contributed by atoms with Gasteiger partial charge in [0.05, 0.1) is 19.8 Å². The van der Waals surface area contributed by atoms with E-state index in [0.29, 0.717) is 23.7 Å². The first kappa shape index (κ1) is 17.8. The fourth-order valence-electron chi connectivity index (χ4n) is 2.27. The van der Waals surface area contributed by atoms with Gasteiger partial charge in [0, 0.05) is 18.0 Å². The minimum atomic E-state index is -0.155. The van der Waals surface area contributed by atoms with Gasteiger partial charge in [-0.1, -0.05) is 13.3 Å². The Morgan fingerprint density at radius 2 is 1.96 bits per heavy atom. The van der Waals surface area contributed by atoms with E-state index in [9.17, 15) is 4.79 Å². The minimum Gasteiger partial charge on any atom is -0.493 e. The highest BCUT2D eigenvalue weighted by molar-refractivity contribution is 5.95. The number of rotatable bonds is 8. The Balaban J connectivity index is 2.06. The molecule has 0 saturated carbocycles. The molecular weight excluding hydrogens is 304 g/mol. The number of nitrogens with zero attached hydrogens (tertiary/aromatic N) is 1. The van der Waals surface area contributed by atoms with Gasteiger partial charge in [-0.05, 0) is 49.2 Å². The molecule has 5 heteroatoms. The van der Waals surface area contributed by atoms with Crippen LogP contribution in [-0.2, 0) is 0 Å². The van der Waals surface area contributed by atoms with Gasteiger partial charge in [-0.15, -0.1) is 0 Å². The van der Waals surface area contributed by atoms with Crippen LogP contribution >= 0.6 is 0 Å². The lowest BCUT2D eigenvalue weighted by molar-refractivity contribution is 0.0939. The molecule has 0 aliphatic carbocycles. The van der Waals surface area contributed by atoms with E-state index in [1.54, 1.807) is 37.7 Å². The number of aromatic nitrogens is 1. The summed E-state index contributed by atoms with van der Waals surface area (Å²) in [6, 6.07) is 8.90. The van der Waals surface area contributed by atoms with E-state index in [0.717, 1.165) is 18.4 Å². The molecule has 128 valence electrons. The van der Waals surface area contributed by atoms with Gasteiger partial charge in [0.2, 0.25) is 0 Å². The normalized spacial score (nSPS) is 11.6. The lowest BCUT2D eigenvalue weighted by Gasteiger charge is -2.15. The number of methoxy groups -OCH3 is 1. The molecule has 24 heavy (non-hydrogen) atoms. The number of carbonyl (C=O) groups excluding carboxylic acids is 1. The first-order chi connectivity index (χ1) is 11.7. The van der Waals surface area contributed by atoms with Crippen molar-refractivity contribution in [3.63, 3.8) is 0 Å². The first-order valence-corrected chi connectivity index (χ1v) is 8.17. The van der Waals surface area contributed by atoms with Gasteiger partial charge in [0.15, 0.2) is 11.5 Å². The molecule has 1 heterocycles. The molecule has 1 amide bonds. The summed E-state index contributed by atoms with van der Waals surface area (Å²) in [7, 11) is 1.57. The van der Waals surface area contributed by atoms with Crippen molar-refractivity contribution in [2.45, 2.75) is 32.7 Å². The van der Waals surface area contributed by atoms with Crippen LogP contribution in [0.25, 0.3) is 0 Å². The highest BCUT2D eigenvalue weighted by Gasteiger charge is 2.14. The van der Waals surface area contributed by atoms with Gasteiger partial charge in [-0.3, -0.25) is 9.78 Å². The average Bonchev–Trinajstić information content (AvgIpc) is 2.62. The molecule has 1 atom stereocenters. The molecule has 0 spiro atoms. The van der Waals surface area contributed by atoms with Crippen molar-refractivity contribution >= 4 is 5.91 Å². The summed E-state index contributed by atoms with van der Waals surface area (Å²) >= 11 is 0. The number of pyridine rings is 1. The van der Waals surface area contributed by atoms with E-state index in [-0.39, 0.29) is 11.9 Å². The van der Waals surface area contributed by atoms with Gasteiger partial charge in [-0.2, -0.15) is 0 Å². The number of hydrogen-bond acceptors (Lipinski definition) is 4. The van der Waals surface area contributed by atoms with Crippen molar-refractivity contribution < 1.29 is 14.3 Å². The van der Waals surface area contributed by atoms with E-state index < -0.39 is 0 Å². The smallest absolute Gasteiger partial charge is 0.251 e. The SMILES string of the molecule is CCCCOc1ccc(C(=O)NC(C)c2ccncc2)cc1OC. The number of unbranched alkanes of at least 4 members (excludes halogenated alkanes) is 1. The molecule has 0 bridgehead atoms. The monoisotopic (exact) mass is 328 g/mol. The Bertz CT molecular complexity index is 659. The van der Waals surface area contributed by atoms with Crippen molar-refractivity contribution in [2.24, 2.45) is 0 Å². The minimum absolute atomic E-state index is 0.105. The summed E-state index contributed by atoms with van der Waals surface area (Å²) in [4.78, 5) is 16.4. The summed E-state index contributed by atoms with van der Waals surface area (Å²) in [5, 5.41) is 2.97. The van der Waals surface area contributed by atoms with Crippen LogP contribution < -0.4 is 14.8 Å². The maximum absolute atomic E-state index is 12.4. The zero-order valence-electron chi connectivity index (χ0n) is 14.4. The van der Waals surface area contributed by atoms with Gasteiger partial charge >= 0.3 is 0 Å². The molecule has 1 aromatic carbocycles. The van der Waals surface area contributed by atoms with E-state index in [1.807, 2.05) is 19.1 Å². The van der Waals surface area contributed by atoms with Crippen LogP contribution in [0.15, 0.2) is 42.7 Å². The second-order valence-electron chi connectivity index (χ2n) is 5.54. The van der Waals surface area contributed by atoms with Crippen molar-refractivity contribution in [2.75, 3.05) is 13.7 Å². The summed E-state index contributed by atoms with van der Waals surface area (Å²) in [5.41, 5.74) is 1.54. The molecule has 2 aromatic rings. The average molecular weight is 328 g/mol. The molecule has 1 unspecified atom stereocenters. The summed E-state index contributed by atoms with van der Waals surface area (Å²) in [6.07, 6.45) is 5.47. The van der Waals surface area contributed by atoms with Crippen LogP contribution in [0.3, 0.4) is 0 Å². The van der Waals surface area contributed by atoms with Crippen LogP contribution in [0.5, 0.6) is 11.5 Å². The molecule has 0 fully saturated rings. The highest BCUT2D eigenvalue weighted by Crippen LogP contribution is 2.28. The second-order valence-corrected chi connectivity index (χ2v) is 5.54. The molecule has 2 rings (SSSR count). The predicted octanol–water partition coefficient (Wildman–Crippen LogP) is 3.76. The Hall–Kier alpha value is -2.56. The van der Waals surface area contributed by atoms with Gasteiger partial charge in [0.1, 0.15) is 0 Å². The Morgan fingerprint density at radius 3 is 2.62 bits per heavy atom. The van der Waals surface area contributed by atoms with E-state index in [4.69, 9.17) is 9.47 Å². The van der Waals surface area contributed by atoms with Crippen molar-refractivity contribution in [3.05, 3.63) is 53.9 Å². The van der Waals surface area contributed by atoms with E-state index in [1.165, 1.54) is 0 Å². The lowest BCUT2D eigenvalue weighted by Crippen LogP contribution is -2.26.